The van der Waals surface area contributed by atoms with Crippen molar-refractivity contribution in [3.8, 4) is 39.3 Å². The summed E-state index contributed by atoms with van der Waals surface area (Å²) < 4.78 is 43.2. The number of fused-ring (bicyclic) bond motifs is 1. The van der Waals surface area contributed by atoms with Crippen LogP contribution in [0.5, 0.6) is 5.75 Å². The van der Waals surface area contributed by atoms with E-state index in [-0.39, 0.29) is 23.8 Å². The molecule has 4 heterocycles. The van der Waals surface area contributed by atoms with Crippen molar-refractivity contribution in [3.63, 3.8) is 0 Å². The number of phenols is 1. The number of alkyl halides is 3. The maximum absolute atomic E-state index is 13.9. The number of nitrogens with zero attached hydrogens (tertiary/aromatic N) is 4. The van der Waals surface area contributed by atoms with Gasteiger partial charge in [-0.25, -0.2) is 4.98 Å². The van der Waals surface area contributed by atoms with Gasteiger partial charge in [0.2, 0.25) is 0 Å². The highest BCUT2D eigenvalue weighted by molar-refractivity contribution is 5.88. The number of imidazole rings is 1. The molecule has 6 rings (SSSR count). The number of nitrogens with one attached hydrogen (secondary N) is 1. The van der Waals surface area contributed by atoms with Crippen LogP contribution in [0, 0.1) is 6.92 Å². The second kappa shape index (κ2) is 9.74. The number of rotatable bonds is 4. The van der Waals surface area contributed by atoms with Crippen LogP contribution < -0.4 is 5.32 Å². The predicted octanol–water partition coefficient (Wildman–Crippen LogP) is 6.27. The first-order valence-electron chi connectivity index (χ1n) is 11.8. The minimum absolute atomic E-state index is 0. The molecule has 0 atom stereocenters. The molecule has 0 saturated carbocycles. The number of pyridine rings is 1. The van der Waals surface area contributed by atoms with E-state index in [2.05, 4.69) is 20.5 Å². The summed E-state index contributed by atoms with van der Waals surface area (Å²) in [4.78, 5) is 4.07. The Labute approximate surface area is 222 Å². The zero-order valence-electron chi connectivity index (χ0n) is 20.2. The molecule has 1 saturated heterocycles. The lowest BCUT2D eigenvalue weighted by atomic mass is 9.92. The summed E-state index contributed by atoms with van der Waals surface area (Å²) in [5, 5.41) is 22.7. The third-order valence-electron chi connectivity index (χ3n) is 6.69. The molecule has 38 heavy (non-hydrogen) atoms. The van der Waals surface area contributed by atoms with Crippen LogP contribution in [-0.2, 0) is 6.18 Å². The molecule has 1 fully saturated rings. The van der Waals surface area contributed by atoms with Crippen molar-refractivity contribution >= 4 is 18.1 Å². The Hall–Kier alpha value is -3.95. The number of para-hydroxylation sites is 1. The Kier molecular flexibility index (Phi) is 6.58. The third-order valence-corrected chi connectivity index (χ3v) is 6.69. The first-order chi connectivity index (χ1) is 17.8. The molecule has 2 N–H and O–H groups in total. The monoisotopic (exact) mass is 537 g/mol. The molecule has 0 amide bonds. The standard InChI is InChI=1S/C28H22F3N5O.ClH/c1-16-14-36-15-18(11-23(27(36)33-16)28(29,30)31)17-6-7-20(22(10-17)21-4-2-3-5-26(21)37)25-9-8-24(34-35-25)19-12-32-13-19;/h2-11,14-15,19,32,37H,12-13H2,1H3;1H. The van der Waals surface area contributed by atoms with Crippen molar-refractivity contribution in [2.24, 2.45) is 0 Å². The van der Waals surface area contributed by atoms with E-state index in [9.17, 15) is 18.3 Å². The van der Waals surface area contributed by atoms with Crippen LogP contribution in [-0.4, -0.2) is 37.8 Å². The zero-order chi connectivity index (χ0) is 25.7. The number of aromatic hydroxyl groups is 1. The van der Waals surface area contributed by atoms with Crippen molar-refractivity contribution in [3.05, 3.63) is 90.0 Å². The lowest BCUT2D eigenvalue weighted by Gasteiger charge is -2.26. The van der Waals surface area contributed by atoms with Crippen LogP contribution in [0.25, 0.3) is 39.2 Å². The molecule has 0 unspecified atom stereocenters. The van der Waals surface area contributed by atoms with Gasteiger partial charge >= 0.3 is 6.18 Å². The fourth-order valence-corrected chi connectivity index (χ4v) is 4.66. The average molecular weight is 538 g/mol. The fourth-order valence-electron chi connectivity index (χ4n) is 4.66. The minimum Gasteiger partial charge on any atom is -0.507 e. The molecule has 0 bridgehead atoms. The second-order valence-electron chi connectivity index (χ2n) is 9.23. The molecule has 194 valence electrons. The molecular formula is C28H23ClF3N5O. The molecule has 0 aliphatic carbocycles. The zero-order valence-corrected chi connectivity index (χ0v) is 21.0. The van der Waals surface area contributed by atoms with Gasteiger partial charge in [0.05, 0.1) is 22.6 Å². The van der Waals surface area contributed by atoms with Gasteiger partial charge in [-0.2, -0.15) is 23.4 Å². The summed E-state index contributed by atoms with van der Waals surface area (Å²) in [6, 6.07) is 17.2. The summed E-state index contributed by atoms with van der Waals surface area (Å²) >= 11 is 0. The Morgan fingerprint density at radius 2 is 1.68 bits per heavy atom. The summed E-state index contributed by atoms with van der Waals surface area (Å²) in [6.07, 6.45) is -1.36. The molecule has 1 aliphatic rings. The van der Waals surface area contributed by atoms with E-state index >= 15 is 0 Å². The Bertz CT molecular complexity index is 1630. The van der Waals surface area contributed by atoms with E-state index in [0.717, 1.165) is 24.8 Å². The predicted molar refractivity (Wildman–Crippen MR) is 141 cm³/mol. The van der Waals surface area contributed by atoms with Crippen LogP contribution in [0.3, 0.4) is 0 Å². The van der Waals surface area contributed by atoms with Crippen LogP contribution in [0.4, 0.5) is 13.2 Å². The van der Waals surface area contributed by atoms with Gasteiger partial charge in [0.25, 0.3) is 0 Å². The van der Waals surface area contributed by atoms with Gasteiger partial charge in [0.15, 0.2) is 0 Å². The normalized spacial score (nSPS) is 13.8. The molecule has 0 radical (unpaired) electrons. The van der Waals surface area contributed by atoms with Gasteiger partial charge in [0, 0.05) is 42.5 Å². The summed E-state index contributed by atoms with van der Waals surface area (Å²) in [6.45, 7) is 3.39. The summed E-state index contributed by atoms with van der Waals surface area (Å²) in [7, 11) is 0. The van der Waals surface area contributed by atoms with Crippen molar-refractivity contribution < 1.29 is 18.3 Å². The number of halogens is 4. The Balaban J connectivity index is 0.00000294. The molecule has 3 aromatic heterocycles. The third kappa shape index (κ3) is 4.59. The SMILES string of the molecule is Cc1cn2cc(-c3ccc(-c4ccc(C5CNC5)nn4)c(-c4ccccc4O)c3)cc(C(F)(F)F)c2n1.Cl. The van der Waals surface area contributed by atoms with E-state index in [1.807, 2.05) is 18.2 Å². The van der Waals surface area contributed by atoms with Crippen molar-refractivity contribution in [2.45, 2.75) is 19.0 Å². The maximum Gasteiger partial charge on any atom is 0.420 e. The number of phenolic OH excluding ortho intramolecular Hbond substituents is 1. The van der Waals surface area contributed by atoms with Gasteiger partial charge in [0.1, 0.15) is 11.4 Å². The smallest absolute Gasteiger partial charge is 0.420 e. The highest BCUT2D eigenvalue weighted by Gasteiger charge is 2.34. The van der Waals surface area contributed by atoms with Crippen molar-refractivity contribution in [2.75, 3.05) is 13.1 Å². The van der Waals surface area contributed by atoms with Gasteiger partial charge in [-0.15, -0.1) is 12.4 Å². The van der Waals surface area contributed by atoms with Gasteiger partial charge < -0.3 is 14.8 Å². The largest absolute Gasteiger partial charge is 0.507 e. The summed E-state index contributed by atoms with van der Waals surface area (Å²) in [5.74, 6) is 0.397. The number of hydrogen-bond acceptors (Lipinski definition) is 5. The van der Waals surface area contributed by atoms with E-state index < -0.39 is 11.7 Å². The van der Waals surface area contributed by atoms with E-state index in [0.29, 0.717) is 45.1 Å². The van der Waals surface area contributed by atoms with E-state index in [4.69, 9.17) is 0 Å². The van der Waals surface area contributed by atoms with Gasteiger partial charge in [-0.1, -0.05) is 30.3 Å². The molecule has 1 aliphatic heterocycles. The van der Waals surface area contributed by atoms with Crippen LogP contribution in [0.2, 0.25) is 0 Å². The number of aryl methyl sites for hydroxylation is 1. The Morgan fingerprint density at radius 1 is 0.895 bits per heavy atom. The molecule has 5 aromatic rings. The molecule has 6 nitrogen and oxygen atoms in total. The highest BCUT2D eigenvalue weighted by Crippen LogP contribution is 2.40. The first-order valence-corrected chi connectivity index (χ1v) is 11.8. The lowest BCUT2D eigenvalue weighted by molar-refractivity contribution is -0.136. The maximum atomic E-state index is 13.9. The second-order valence-corrected chi connectivity index (χ2v) is 9.23. The molecule has 0 spiro atoms. The topological polar surface area (TPSA) is 75.3 Å². The first kappa shape index (κ1) is 25.7. The molecule has 10 heteroatoms. The van der Waals surface area contributed by atoms with Crippen molar-refractivity contribution in [1.29, 1.82) is 0 Å². The fraction of sp³-hybridized carbons (Fsp3) is 0.179. The molecular weight excluding hydrogens is 515 g/mol. The quantitative estimate of drug-likeness (QED) is 0.283. The number of benzene rings is 2. The van der Waals surface area contributed by atoms with Crippen LogP contribution in [0.15, 0.2) is 73.1 Å². The summed E-state index contributed by atoms with van der Waals surface area (Å²) in [5.41, 5.74) is 3.90. The number of aromatic nitrogens is 4. The van der Waals surface area contributed by atoms with Crippen LogP contribution >= 0.6 is 12.4 Å². The van der Waals surface area contributed by atoms with Gasteiger partial charge in [-0.05, 0) is 53.9 Å². The van der Waals surface area contributed by atoms with Gasteiger partial charge in [-0.3, -0.25) is 0 Å². The highest BCUT2D eigenvalue weighted by atomic mass is 35.5. The number of hydrogen-bond donors (Lipinski definition) is 2. The Morgan fingerprint density at radius 3 is 2.34 bits per heavy atom. The average Bonchev–Trinajstić information content (AvgIpc) is 3.22. The molecule has 2 aromatic carbocycles. The minimum atomic E-state index is -4.57. The van der Waals surface area contributed by atoms with E-state index in [1.165, 1.54) is 4.40 Å². The van der Waals surface area contributed by atoms with Crippen molar-refractivity contribution in [1.82, 2.24) is 24.9 Å². The van der Waals surface area contributed by atoms with Crippen LogP contribution in [0.1, 0.15) is 22.9 Å². The van der Waals surface area contributed by atoms with E-state index in [1.54, 1.807) is 55.7 Å². The lowest BCUT2D eigenvalue weighted by Crippen LogP contribution is -2.40.